The third kappa shape index (κ3) is 4.31. The highest BCUT2D eigenvalue weighted by Crippen LogP contribution is 2.32. The van der Waals surface area contributed by atoms with E-state index in [0.717, 1.165) is 16.7 Å². The molecule has 0 saturated carbocycles. The van der Waals surface area contributed by atoms with Gasteiger partial charge in [0.15, 0.2) is 0 Å². The van der Waals surface area contributed by atoms with Crippen molar-refractivity contribution >= 4 is 17.5 Å². The number of hydrogen-bond acceptors (Lipinski definition) is 5. The molecule has 1 heterocycles. The number of nitrogen functional groups attached to an aromatic ring is 1. The van der Waals surface area contributed by atoms with Gasteiger partial charge in [-0.2, -0.15) is 0 Å². The minimum atomic E-state index is -0.777. The lowest BCUT2D eigenvalue weighted by Crippen LogP contribution is -2.46. The first-order chi connectivity index (χ1) is 13.4. The second-order valence-corrected chi connectivity index (χ2v) is 7.15. The Kier molecular flexibility index (Phi) is 5.94. The van der Waals surface area contributed by atoms with Gasteiger partial charge in [0.05, 0.1) is 5.92 Å². The molecule has 148 valence electrons. The van der Waals surface area contributed by atoms with Crippen LogP contribution in [0.15, 0.2) is 47.7 Å². The number of ketones is 1. The summed E-state index contributed by atoms with van der Waals surface area (Å²) in [7, 11) is 0. The van der Waals surface area contributed by atoms with Gasteiger partial charge in [0.2, 0.25) is 6.23 Å². The Morgan fingerprint density at radius 1 is 1.39 bits per heavy atom. The van der Waals surface area contributed by atoms with Crippen molar-refractivity contribution in [3.05, 3.63) is 58.8 Å². The van der Waals surface area contributed by atoms with Crippen LogP contribution in [-0.2, 0) is 20.9 Å². The van der Waals surface area contributed by atoms with Gasteiger partial charge >= 0.3 is 0 Å². The van der Waals surface area contributed by atoms with Crippen molar-refractivity contribution in [1.29, 1.82) is 5.41 Å². The van der Waals surface area contributed by atoms with E-state index in [9.17, 15) is 9.59 Å². The highest BCUT2D eigenvalue weighted by molar-refractivity contribution is 5.94. The molecule has 2 aliphatic rings. The minimum Gasteiger partial charge on any atom is -0.384 e. The van der Waals surface area contributed by atoms with Gasteiger partial charge in [-0.1, -0.05) is 35.9 Å². The topological polar surface area (TPSA) is 109 Å². The average molecular weight is 382 g/mol. The summed E-state index contributed by atoms with van der Waals surface area (Å²) >= 11 is 0. The summed E-state index contributed by atoms with van der Waals surface area (Å²) < 4.78 is 5.69. The summed E-state index contributed by atoms with van der Waals surface area (Å²) in [5.41, 5.74) is 8.99. The van der Waals surface area contributed by atoms with Gasteiger partial charge in [0, 0.05) is 37.9 Å². The molecule has 1 aliphatic carbocycles. The van der Waals surface area contributed by atoms with Crippen LogP contribution in [0.25, 0.3) is 0 Å². The number of amides is 1. The molecular weight excluding hydrogens is 356 g/mol. The number of Topliss-reactive ketones (excluding diaryl/α,β-unsaturated/α-hetero) is 1. The fraction of sp³-hybridized carbons (Fsp3) is 0.381. The number of hydrogen-bond donors (Lipinski definition) is 3. The lowest BCUT2D eigenvalue weighted by atomic mass is 9.87. The molecule has 2 unspecified atom stereocenters. The van der Waals surface area contributed by atoms with Crippen LogP contribution < -0.4 is 11.1 Å². The summed E-state index contributed by atoms with van der Waals surface area (Å²) in [4.78, 5) is 26.9. The molecule has 28 heavy (non-hydrogen) atoms. The predicted molar refractivity (Wildman–Crippen MR) is 106 cm³/mol. The number of allylic oxidation sites excluding steroid dienone is 2. The molecule has 4 N–H and O–H groups in total. The second kappa shape index (κ2) is 8.39. The summed E-state index contributed by atoms with van der Waals surface area (Å²) in [6.45, 7) is 4.97. The Morgan fingerprint density at radius 2 is 2.11 bits per heavy atom. The Morgan fingerprint density at radius 3 is 2.75 bits per heavy atom. The van der Waals surface area contributed by atoms with E-state index in [1.54, 1.807) is 12.1 Å². The quantitative estimate of drug-likeness (QED) is 0.491. The van der Waals surface area contributed by atoms with Crippen LogP contribution in [0.4, 0.5) is 0 Å². The molecule has 3 rings (SSSR count). The molecule has 0 bridgehead atoms. The average Bonchev–Trinajstić information content (AvgIpc) is 3.08. The van der Waals surface area contributed by atoms with Crippen molar-refractivity contribution in [2.45, 2.75) is 33.0 Å². The fourth-order valence-electron chi connectivity index (χ4n) is 3.53. The van der Waals surface area contributed by atoms with Gasteiger partial charge < -0.3 is 20.7 Å². The normalized spacial score (nSPS) is 19.6. The number of ether oxygens (including phenoxy) is 1. The van der Waals surface area contributed by atoms with Crippen molar-refractivity contribution < 1.29 is 14.3 Å². The molecule has 7 nitrogen and oxygen atoms in total. The molecule has 1 aliphatic heterocycles. The minimum absolute atomic E-state index is 0.00867. The van der Waals surface area contributed by atoms with Crippen molar-refractivity contribution in [1.82, 2.24) is 10.2 Å². The monoisotopic (exact) mass is 382 g/mol. The van der Waals surface area contributed by atoms with E-state index < -0.39 is 6.23 Å². The molecule has 0 aromatic heterocycles. The molecule has 2 atom stereocenters. The van der Waals surface area contributed by atoms with Crippen LogP contribution in [0.1, 0.15) is 31.4 Å². The lowest BCUT2D eigenvalue weighted by molar-refractivity contribution is -0.143. The van der Waals surface area contributed by atoms with Crippen molar-refractivity contribution in [3.63, 3.8) is 0 Å². The fourth-order valence-corrected chi connectivity index (χ4v) is 3.53. The molecule has 1 aromatic carbocycles. The van der Waals surface area contributed by atoms with Gasteiger partial charge in [0.1, 0.15) is 11.6 Å². The van der Waals surface area contributed by atoms with E-state index in [1.165, 1.54) is 0 Å². The Hall–Kier alpha value is -2.93. The Balaban J connectivity index is 1.66. The summed E-state index contributed by atoms with van der Waals surface area (Å²) in [6.07, 6.45) is 3.59. The van der Waals surface area contributed by atoms with Crippen LogP contribution >= 0.6 is 0 Å². The number of carbonyl (C=O) groups is 2. The van der Waals surface area contributed by atoms with Gasteiger partial charge in [-0.3, -0.25) is 15.0 Å². The van der Waals surface area contributed by atoms with Gasteiger partial charge in [0.25, 0.3) is 5.91 Å². The van der Waals surface area contributed by atoms with E-state index in [1.807, 2.05) is 43.2 Å². The molecule has 0 saturated heterocycles. The van der Waals surface area contributed by atoms with Crippen LogP contribution in [0.3, 0.4) is 0 Å². The largest absolute Gasteiger partial charge is 0.384 e. The van der Waals surface area contributed by atoms with Crippen LogP contribution in [0, 0.1) is 11.3 Å². The number of rotatable bonds is 7. The Bertz CT molecular complexity index is 842. The van der Waals surface area contributed by atoms with E-state index in [-0.39, 0.29) is 23.4 Å². The van der Waals surface area contributed by atoms with Gasteiger partial charge in [-0.15, -0.1) is 0 Å². The number of carbonyl (C=O) groups excluding carboxylic acids is 2. The number of benzene rings is 1. The number of nitrogens with zero attached hydrogens (tertiary/aromatic N) is 1. The number of fused-ring (bicyclic) bond motifs is 1. The Labute approximate surface area is 164 Å². The van der Waals surface area contributed by atoms with E-state index in [2.05, 4.69) is 5.32 Å². The van der Waals surface area contributed by atoms with E-state index >= 15 is 0 Å². The highest BCUT2D eigenvalue weighted by Gasteiger charge is 2.37. The zero-order chi connectivity index (χ0) is 20.3. The van der Waals surface area contributed by atoms with Gasteiger partial charge in [-0.05, 0) is 25.0 Å². The SMILES string of the molecule is CCOC(C(=O)NCc1ccc(C(=N)N)cc1)N1C=C2C=C(C)CC(=O)C2C1. The van der Waals surface area contributed by atoms with Crippen molar-refractivity contribution in [2.24, 2.45) is 11.7 Å². The van der Waals surface area contributed by atoms with Crippen LogP contribution in [0.5, 0.6) is 0 Å². The lowest BCUT2D eigenvalue weighted by Gasteiger charge is -2.27. The highest BCUT2D eigenvalue weighted by atomic mass is 16.5. The second-order valence-electron chi connectivity index (χ2n) is 7.15. The molecule has 0 radical (unpaired) electrons. The predicted octanol–water partition coefficient (Wildman–Crippen LogP) is 1.68. The molecule has 0 fully saturated rings. The molecule has 7 heteroatoms. The third-order valence-corrected chi connectivity index (χ3v) is 4.95. The van der Waals surface area contributed by atoms with Crippen LogP contribution in [-0.4, -0.2) is 41.8 Å². The maximum Gasteiger partial charge on any atom is 0.270 e. The maximum absolute atomic E-state index is 12.8. The standard InChI is InChI=1S/C21H26N4O3/c1-3-28-21(25-11-16-8-13(2)9-18(26)17(16)12-25)20(27)24-10-14-4-6-15(7-5-14)19(22)23/h4-8,11,17,21H,3,9-10,12H2,1-2H3,(H3,22,23)(H,24,27). The number of amidine groups is 1. The first-order valence-corrected chi connectivity index (χ1v) is 9.39. The number of nitrogens with two attached hydrogens (primary N) is 1. The summed E-state index contributed by atoms with van der Waals surface area (Å²) in [5, 5.41) is 10.3. The molecule has 1 aromatic rings. The first-order valence-electron chi connectivity index (χ1n) is 9.39. The van der Waals surface area contributed by atoms with Crippen LogP contribution in [0.2, 0.25) is 0 Å². The third-order valence-electron chi connectivity index (χ3n) is 4.95. The zero-order valence-electron chi connectivity index (χ0n) is 16.2. The first kappa shape index (κ1) is 19.8. The number of nitrogens with one attached hydrogen (secondary N) is 2. The maximum atomic E-state index is 12.8. The summed E-state index contributed by atoms with van der Waals surface area (Å²) in [6, 6.07) is 7.15. The van der Waals surface area contributed by atoms with E-state index in [0.29, 0.717) is 31.7 Å². The zero-order valence-corrected chi connectivity index (χ0v) is 16.2. The molecule has 1 amide bonds. The summed E-state index contributed by atoms with van der Waals surface area (Å²) in [5.74, 6) is -0.232. The van der Waals surface area contributed by atoms with Crippen molar-refractivity contribution in [3.8, 4) is 0 Å². The van der Waals surface area contributed by atoms with E-state index in [4.69, 9.17) is 15.9 Å². The molecule has 0 spiro atoms. The smallest absolute Gasteiger partial charge is 0.270 e. The van der Waals surface area contributed by atoms with Crippen molar-refractivity contribution in [2.75, 3.05) is 13.2 Å². The molecular formula is C21H26N4O3. The van der Waals surface area contributed by atoms with Gasteiger partial charge in [-0.25, -0.2) is 0 Å².